The monoisotopic (exact) mass is 422 g/mol. The van der Waals surface area contributed by atoms with Gasteiger partial charge in [0, 0.05) is 5.56 Å². The van der Waals surface area contributed by atoms with Gasteiger partial charge in [-0.05, 0) is 48.4 Å². The molecule has 1 aromatic heterocycles. The van der Waals surface area contributed by atoms with Crippen LogP contribution in [0.15, 0.2) is 66.7 Å². The fourth-order valence-corrected chi connectivity index (χ4v) is 4.40. The van der Waals surface area contributed by atoms with Gasteiger partial charge in [-0.1, -0.05) is 59.3 Å². The Bertz CT molecular complexity index is 1120. The van der Waals surface area contributed by atoms with E-state index >= 15 is 0 Å². The zero-order valence-corrected chi connectivity index (χ0v) is 17.6. The predicted octanol–water partition coefficient (Wildman–Crippen LogP) is 6.11. The molecule has 0 unspecified atom stereocenters. The van der Waals surface area contributed by atoms with Crippen molar-refractivity contribution < 1.29 is 9.53 Å². The summed E-state index contributed by atoms with van der Waals surface area (Å²) in [5.41, 5.74) is 3.46. The number of carbonyl (C=O) groups is 1. The second-order valence-corrected chi connectivity index (χ2v) is 8.03. The maximum atomic E-state index is 13.4. The number of methoxy groups -OCH3 is 1. The second-order valence-electron chi connectivity index (χ2n) is 6.64. The van der Waals surface area contributed by atoms with Gasteiger partial charge >= 0.3 is 0 Å². The Balaban J connectivity index is 1.78. The third kappa shape index (κ3) is 3.97. The van der Waals surface area contributed by atoms with Crippen molar-refractivity contribution in [2.75, 3.05) is 12.0 Å². The topological polar surface area (TPSA) is 42.4 Å². The molecule has 1 amide bonds. The largest absolute Gasteiger partial charge is 0.497 e. The smallest absolute Gasteiger partial charge is 0.260 e. The van der Waals surface area contributed by atoms with Crippen LogP contribution in [0, 0.1) is 6.92 Å². The number of aromatic nitrogens is 1. The van der Waals surface area contributed by atoms with Crippen LogP contribution in [0.3, 0.4) is 0 Å². The van der Waals surface area contributed by atoms with Gasteiger partial charge in [0.15, 0.2) is 5.13 Å². The van der Waals surface area contributed by atoms with Crippen molar-refractivity contribution in [3.63, 3.8) is 0 Å². The summed E-state index contributed by atoms with van der Waals surface area (Å²) in [6, 6.07) is 20.8. The molecule has 0 atom stereocenters. The van der Waals surface area contributed by atoms with Crippen molar-refractivity contribution in [2.24, 2.45) is 0 Å². The summed E-state index contributed by atoms with van der Waals surface area (Å²) in [6.07, 6.45) is 0. The molecule has 3 aromatic carbocycles. The van der Waals surface area contributed by atoms with Crippen molar-refractivity contribution in [2.45, 2.75) is 13.5 Å². The molecular weight excluding hydrogens is 404 g/mol. The number of fused-ring (bicyclic) bond motifs is 1. The molecule has 0 aliphatic rings. The summed E-state index contributed by atoms with van der Waals surface area (Å²) in [4.78, 5) is 19.9. The number of hydrogen-bond acceptors (Lipinski definition) is 4. The molecule has 146 valence electrons. The highest BCUT2D eigenvalue weighted by atomic mass is 35.5. The zero-order valence-electron chi connectivity index (χ0n) is 16.1. The Hall–Kier alpha value is -2.89. The van der Waals surface area contributed by atoms with Gasteiger partial charge in [0.25, 0.3) is 5.91 Å². The van der Waals surface area contributed by atoms with Crippen LogP contribution < -0.4 is 9.64 Å². The fourth-order valence-electron chi connectivity index (χ4n) is 3.09. The van der Waals surface area contributed by atoms with E-state index in [0.29, 0.717) is 28.0 Å². The number of hydrogen-bond donors (Lipinski definition) is 0. The number of thiazole rings is 1. The van der Waals surface area contributed by atoms with Crippen molar-refractivity contribution in [1.29, 1.82) is 0 Å². The van der Waals surface area contributed by atoms with Crippen LogP contribution in [-0.4, -0.2) is 18.0 Å². The molecule has 4 nitrogen and oxygen atoms in total. The minimum Gasteiger partial charge on any atom is -0.497 e. The summed E-state index contributed by atoms with van der Waals surface area (Å²) in [5, 5.41) is 1.27. The van der Waals surface area contributed by atoms with Gasteiger partial charge in [0.05, 0.1) is 28.9 Å². The highest BCUT2D eigenvalue weighted by molar-refractivity contribution is 7.23. The van der Waals surface area contributed by atoms with E-state index in [-0.39, 0.29) is 5.91 Å². The Morgan fingerprint density at radius 1 is 1.07 bits per heavy atom. The average molecular weight is 423 g/mol. The Morgan fingerprint density at radius 2 is 1.79 bits per heavy atom. The Morgan fingerprint density at radius 3 is 2.45 bits per heavy atom. The van der Waals surface area contributed by atoms with E-state index in [4.69, 9.17) is 21.3 Å². The van der Waals surface area contributed by atoms with E-state index < -0.39 is 0 Å². The second kappa shape index (κ2) is 8.23. The minimum atomic E-state index is -0.121. The molecule has 0 aliphatic heterocycles. The van der Waals surface area contributed by atoms with Crippen molar-refractivity contribution in [3.8, 4) is 5.75 Å². The summed E-state index contributed by atoms with van der Waals surface area (Å²) >= 11 is 7.82. The molecule has 4 rings (SSSR count). The van der Waals surface area contributed by atoms with E-state index in [2.05, 4.69) is 0 Å². The van der Waals surface area contributed by atoms with Crippen LogP contribution in [0.2, 0.25) is 5.02 Å². The molecule has 0 radical (unpaired) electrons. The maximum Gasteiger partial charge on any atom is 0.260 e. The fraction of sp³-hybridized carbons (Fsp3) is 0.130. The van der Waals surface area contributed by atoms with Crippen molar-refractivity contribution in [1.82, 2.24) is 4.98 Å². The van der Waals surface area contributed by atoms with Crippen LogP contribution in [0.5, 0.6) is 5.75 Å². The molecule has 0 aliphatic carbocycles. The summed E-state index contributed by atoms with van der Waals surface area (Å²) < 4.78 is 6.10. The maximum absolute atomic E-state index is 13.4. The van der Waals surface area contributed by atoms with Gasteiger partial charge in [-0.3, -0.25) is 9.69 Å². The quantitative estimate of drug-likeness (QED) is 0.389. The third-order valence-corrected chi connectivity index (χ3v) is 6.22. The summed E-state index contributed by atoms with van der Waals surface area (Å²) in [5.74, 6) is 0.586. The number of ether oxygens (including phenoxy) is 1. The van der Waals surface area contributed by atoms with Crippen LogP contribution in [0.25, 0.3) is 10.2 Å². The van der Waals surface area contributed by atoms with Crippen molar-refractivity contribution in [3.05, 3.63) is 88.4 Å². The zero-order chi connectivity index (χ0) is 20.4. The van der Waals surface area contributed by atoms with E-state index in [1.807, 2.05) is 49.4 Å². The normalized spacial score (nSPS) is 10.9. The molecule has 0 saturated heterocycles. The van der Waals surface area contributed by atoms with E-state index in [0.717, 1.165) is 21.3 Å². The molecule has 0 bridgehead atoms. The van der Waals surface area contributed by atoms with Gasteiger partial charge < -0.3 is 4.74 Å². The van der Waals surface area contributed by atoms with Gasteiger partial charge in [0.1, 0.15) is 5.75 Å². The third-order valence-electron chi connectivity index (χ3n) is 4.68. The number of benzene rings is 3. The van der Waals surface area contributed by atoms with Crippen LogP contribution in [0.4, 0.5) is 5.13 Å². The SMILES string of the molecule is COc1ccc(C(=O)N(Cc2ccccc2)c2nc3c(C)ccc(Cl)c3s2)cc1. The standard InChI is InChI=1S/C23H19ClN2O2S/c1-15-8-13-19(24)21-20(15)25-23(29-21)26(14-16-6-4-3-5-7-16)22(27)17-9-11-18(28-2)12-10-17/h3-13H,14H2,1-2H3. The molecule has 0 saturated carbocycles. The lowest BCUT2D eigenvalue weighted by Gasteiger charge is -2.20. The molecule has 1 heterocycles. The van der Waals surface area contributed by atoms with Crippen LogP contribution in [-0.2, 0) is 6.54 Å². The number of aryl methyl sites for hydroxylation is 1. The van der Waals surface area contributed by atoms with Gasteiger partial charge in [-0.15, -0.1) is 0 Å². The average Bonchev–Trinajstić information content (AvgIpc) is 3.21. The lowest BCUT2D eigenvalue weighted by Crippen LogP contribution is -2.30. The summed E-state index contributed by atoms with van der Waals surface area (Å²) in [7, 11) is 1.60. The molecule has 0 spiro atoms. The molecule has 0 fully saturated rings. The molecule has 4 aromatic rings. The van der Waals surface area contributed by atoms with Gasteiger partial charge in [0.2, 0.25) is 0 Å². The first kappa shape index (κ1) is 19.4. The minimum absolute atomic E-state index is 0.121. The van der Waals surface area contributed by atoms with Crippen LogP contribution in [0.1, 0.15) is 21.5 Å². The molecule has 0 N–H and O–H groups in total. The number of amides is 1. The van der Waals surface area contributed by atoms with Crippen molar-refractivity contribution >= 4 is 44.2 Å². The predicted molar refractivity (Wildman–Crippen MR) is 119 cm³/mol. The van der Waals surface area contributed by atoms with Gasteiger partial charge in [-0.25, -0.2) is 4.98 Å². The van der Waals surface area contributed by atoms with E-state index in [9.17, 15) is 4.79 Å². The number of carbonyl (C=O) groups excluding carboxylic acids is 1. The van der Waals surface area contributed by atoms with Crippen LogP contribution >= 0.6 is 22.9 Å². The Labute approximate surface area is 178 Å². The summed E-state index contributed by atoms with van der Waals surface area (Å²) in [6.45, 7) is 2.41. The van der Waals surface area contributed by atoms with E-state index in [1.165, 1.54) is 11.3 Å². The first-order valence-electron chi connectivity index (χ1n) is 9.12. The van der Waals surface area contributed by atoms with E-state index in [1.54, 1.807) is 36.3 Å². The molecule has 6 heteroatoms. The highest BCUT2D eigenvalue weighted by Crippen LogP contribution is 2.36. The number of nitrogens with zero attached hydrogens (tertiary/aromatic N) is 2. The highest BCUT2D eigenvalue weighted by Gasteiger charge is 2.23. The molecular formula is C23H19ClN2O2S. The lowest BCUT2D eigenvalue weighted by molar-refractivity contribution is 0.0985. The van der Waals surface area contributed by atoms with Gasteiger partial charge in [-0.2, -0.15) is 0 Å². The first-order chi connectivity index (χ1) is 14.1. The number of rotatable bonds is 5. The Kier molecular flexibility index (Phi) is 5.51. The number of anilines is 1. The number of halogens is 1. The molecule has 29 heavy (non-hydrogen) atoms. The lowest BCUT2D eigenvalue weighted by atomic mass is 10.1. The first-order valence-corrected chi connectivity index (χ1v) is 10.3.